The molecule has 0 atom stereocenters. The molecule has 7 heteroatoms. The molecule has 4 rings (SSSR count). The standard InChI is InChI=1S/C22H16Cl2N2O3/c1-2-29-20-10-7-13-5-3-4-6-15(13)16(20)12-17-21(27)25-26(22(17)28)14-8-9-18(23)19(24)11-14/h3-12H,2H2,1H3,(H,25,27)/b17-12+. The van der Waals surface area contributed by atoms with Crippen LogP contribution in [0.5, 0.6) is 5.75 Å². The van der Waals surface area contributed by atoms with E-state index < -0.39 is 11.8 Å². The maximum absolute atomic E-state index is 13.0. The van der Waals surface area contributed by atoms with Crippen molar-refractivity contribution in [2.45, 2.75) is 6.92 Å². The molecule has 3 aromatic carbocycles. The minimum atomic E-state index is -0.503. The normalized spacial score (nSPS) is 15.3. The lowest BCUT2D eigenvalue weighted by atomic mass is 10.0. The first kappa shape index (κ1) is 19.3. The fourth-order valence-electron chi connectivity index (χ4n) is 3.21. The summed E-state index contributed by atoms with van der Waals surface area (Å²) in [6.07, 6.45) is 1.57. The molecule has 1 heterocycles. The highest BCUT2D eigenvalue weighted by Crippen LogP contribution is 2.33. The fraction of sp³-hybridized carbons (Fsp3) is 0.0909. The summed E-state index contributed by atoms with van der Waals surface area (Å²) >= 11 is 12.0. The van der Waals surface area contributed by atoms with Crippen molar-refractivity contribution < 1.29 is 14.3 Å². The monoisotopic (exact) mass is 426 g/mol. The smallest absolute Gasteiger partial charge is 0.282 e. The molecular weight excluding hydrogens is 411 g/mol. The van der Waals surface area contributed by atoms with Crippen molar-refractivity contribution in [1.82, 2.24) is 5.43 Å². The zero-order chi connectivity index (χ0) is 20.5. The molecule has 0 unspecified atom stereocenters. The van der Waals surface area contributed by atoms with Gasteiger partial charge in [-0.3, -0.25) is 15.0 Å². The van der Waals surface area contributed by atoms with Crippen molar-refractivity contribution >= 4 is 57.6 Å². The van der Waals surface area contributed by atoms with E-state index in [2.05, 4.69) is 5.43 Å². The Bertz CT molecular complexity index is 1170. The number of carbonyl (C=O) groups excluding carboxylic acids is 2. The Morgan fingerprint density at radius 3 is 2.59 bits per heavy atom. The van der Waals surface area contributed by atoms with Crippen LogP contribution in [0.1, 0.15) is 12.5 Å². The molecule has 2 amide bonds. The van der Waals surface area contributed by atoms with Gasteiger partial charge in [-0.25, -0.2) is 5.01 Å². The Morgan fingerprint density at radius 1 is 1.03 bits per heavy atom. The van der Waals surface area contributed by atoms with E-state index >= 15 is 0 Å². The molecule has 1 fully saturated rings. The maximum Gasteiger partial charge on any atom is 0.282 e. The zero-order valence-electron chi connectivity index (χ0n) is 15.4. The molecule has 1 aliphatic heterocycles. The van der Waals surface area contributed by atoms with Crippen LogP contribution < -0.4 is 15.2 Å². The van der Waals surface area contributed by atoms with Crippen LogP contribution in [0.3, 0.4) is 0 Å². The second-order valence-electron chi connectivity index (χ2n) is 6.37. The first-order valence-electron chi connectivity index (χ1n) is 8.96. The lowest BCUT2D eigenvalue weighted by molar-refractivity contribution is -0.117. The van der Waals surface area contributed by atoms with Gasteiger partial charge >= 0.3 is 0 Å². The molecule has 5 nitrogen and oxygen atoms in total. The predicted molar refractivity (Wildman–Crippen MR) is 115 cm³/mol. The molecule has 0 spiro atoms. The molecule has 1 saturated heterocycles. The Balaban J connectivity index is 1.80. The number of benzene rings is 3. The van der Waals surface area contributed by atoms with Crippen LogP contribution in [-0.2, 0) is 9.59 Å². The Labute approximate surface area is 177 Å². The Morgan fingerprint density at radius 2 is 1.83 bits per heavy atom. The summed E-state index contributed by atoms with van der Waals surface area (Å²) in [7, 11) is 0. The number of fused-ring (bicyclic) bond motifs is 1. The fourth-order valence-corrected chi connectivity index (χ4v) is 3.51. The van der Waals surface area contributed by atoms with E-state index in [1.807, 2.05) is 43.3 Å². The minimum absolute atomic E-state index is 0.00776. The molecule has 0 radical (unpaired) electrons. The van der Waals surface area contributed by atoms with E-state index in [1.54, 1.807) is 18.2 Å². The van der Waals surface area contributed by atoms with E-state index in [9.17, 15) is 9.59 Å². The number of hydrogen-bond acceptors (Lipinski definition) is 3. The summed E-state index contributed by atoms with van der Waals surface area (Å²) in [6, 6.07) is 16.2. The van der Waals surface area contributed by atoms with Crippen molar-refractivity contribution in [1.29, 1.82) is 0 Å². The summed E-state index contributed by atoms with van der Waals surface area (Å²) in [5.74, 6) is -0.382. The van der Waals surface area contributed by atoms with Gasteiger partial charge in [0, 0.05) is 5.56 Å². The number of nitrogens with one attached hydrogen (secondary N) is 1. The first-order chi connectivity index (χ1) is 14.0. The highest BCUT2D eigenvalue weighted by Gasteiger charge is 2.35. The second-order valence-corrected chi connectivity index (χ2v) is 7.18. The van der Waals surface area contributed by atoms with E-state index in [0.29, 0.717) is 28.6 Å². The van der Waals surface area contributed by atoms with Gasteiger partial charge in [0.05, 0.1) is 22.3 Å². The maximum atomic E-state index is 13.0. The van der Waals surface area contributed by atoms with Crippen molar-refractivity contribution in [3.8, 4) is 5.75 Å². The van der Waals surface area contributed by atoms with Gasteiger partial charge in [0.15, 0.2) is 0 Å². The topological polar surface area (TPSA) is 58.6 Å². The average Bonchev–Trinajstić information content (AvgIpc) is 3.00. The van der Waals surface area contributed by atoms with Crippen LogP contribution in [0.25, 0.3) is 16.8 Å². The molecule has 1 aliphatic rings. The highest BCUT2D eigenvalue weighted by atomic mass is 35.5. The molecule has 1 N–H and O–H groups in total. The van der Waals surface area contributed by atoms with E-state index in [0.717, 1.165) is 15.8 Å². The summed E-state index contributed by atoms with van der Waals surface area (Å²) in [6.45, 7) is 2.34. The lowest BCUT2D eigenvalue weighted by Gasteiger charge is -2.15. The van der Waals surface area contributed by atoms with Gasteiger partial charge in [-0.2, -0.15) is 0 Å². The van der Waals surface area contributed by atoms with Crippen LogP contribution in [0.15, 0.2) is 60.2 Å². The van der Waals surface area contributed by atoms with Gasteiger partial charge in [-0.15, -0.1) is 0 Å². The molecule has 0 aromatic heterocycles. The van der Waals surface area contributed by atoms with Crippen molar-refractivity contribution in [2.75, 3.05) is 11.6 Å². The van der Waals surface area contributed by atoms with Crippen LogP contribution >= 0.6 is 23.2 Å². The number of anilines is 1. The molecule has 0 aliphatic carbocycles. The van der Waals surface area contributed by atoms with Crippen molar-refractivity contribution in [3.63, 3.8) is 0 Å². The van der Waals surface area contributed by atoms with Gasteiger partial charge in [-0.05, 0) is 48.0 Å². The van der Waals surface area contributed by atoms with Crippen LogP contribution in [0.4, 0.5) is 5.69 Å². The number of hydrogen-bond donors (Lipinski definition) is 1. The number of carbonyl (C=O) groups is 2. The number of rotatable bonds is 4. The third-order valence-corrected chi connectivity index (χ3v) is 5.31. The molecule has 0 bridgehead atoms. The number of halogens is 2. The summed E-state index contributed by atoms with van der Waals surface area (Å²) in [5.41, 5.74) is 3.68. The van der Waals surface area contributed by atoms with Crippen molar-refractivity contribution in [3.05, 3.63) is 75.8 Å². The number of hydrazine groups is 1. The molecule has 0 saturated carbocycles. The lowest BCUT2D eigenvalue weighted by Crippen LogP contribution is -2.35. The van der Waals surface area contributed by atoms with Crippen LogP contribution in [0, 0.1) is 0 Å². The SMILES string of the molecule is CCOc1ccc2ccccc2c1/C=C1\C(=O)NN(c2ccc(Cl)c(Cl)c2)C1=O. The zero-order valence-corrected chi connectivity index (χ0v) is 16.9. The largest absolute Gasteiger partial charge is 0.493 e. The number of ether oxygens (including phenoxy) is 1. The second kappa shape index (κ2) is 7.78. The van der Waals surface area contributed by atoms with Gasteiger partial charge in [0.1, 0.15) is 11.3 Å². The van der Waals surface area contributed by atoms with Crippen LogP contribution in [-0.4, -0.2) is 18.4 Å². The third kappa shape index (κ3) is 3.55. The number of nitrogens with zero attached hydrogens (tertiary/aromatic N) is 1. The van der Waals surface area contributed by atoms with Gasteiger partial charge in [0.25, 0.3) is 11.8 Å². The van der Waals surface area contributed by atoms with Gasteiger partial charge < -0.3 is 4.74 Å². The molecule has 3 aromatic rings. The minimum Gasteiger partial charge on any atom is -0.493 e. The number of amides is 2. The summed E-state index contributed by atoms with van der Waals surface area (Å²) < 4.78 is 5.73. The quantitative estimate of drug-likeness (QED) is 0.471. The first-order valence-corrected chi connectivity index (χ1v) is 9.72. The van der Waals surface area contributed by atoms with Crippen LogP contribution in [0.2, 0.25) is 10.0 Å². The molecular formula is C22H16Cl2N2O3. The van der Waals surface area contributed by atoms with Crippen molar-refractivity contribution in [2.24, 2.45) is 0 Å². The average molecular weight is 427 g/mol. The van der Waals surface area contributed by atoms with E-state index in [1.165, 1.54) is 6.07 Å². The van der Waals surface area contributed by atoms with Gasteiger partial charge in [0.2, 0.25) is 0 Å². The van der Waals surface area contributed by atoms with E-state index in [-0.39, 0.29) is 10.6 Å². The molecule has 29 heavy (non-hydrogen) atoms. The third-order valence-electron chi connectivity index (χ3n) is 4.57. The molecule has 146 valence electrons. The summed E-state index contributed by atoms with van der Waals surface area (Å²) in [4.78, 5) is 25.6. The Kier molecular flexibility index (Phi) is 5.18. The summed E-state index contributed by atoms with van der Waals surface area (Å²) in [5, 5.41) is 3.68. The predicted octanol–water partition coefficient (Wildman–Crippen LogP) is 5.01. The highest BCUT2D eigenvalue weighted by molar-refractivity contribution is 6.42. The van der Waals surface area contributed by atoms with Gasteiger partial charge in [-0.1, -0.05) is 53.5 Å². The van der Waals surface area contributed by atoms with E-state index in [4.69, 9.17) is 27.9 Å². The Hall–Kier alpha value is -3.02.